The lowest BCUT2D eigenvalue weighted by Gasteiger charge is -2.33. The first-order chi connectivity index (χ1) is 14.6. The van der Waals surface area contributed by atoms with Gasteiger partial charge in [-0.2, -0.15) is 23.4 Å². The maximum Gasteiger partial charge on any atom is 0.410 e. The van der Waals surface area contributed by atoms with E-state index in [1.807, 2.05) is 38.1 Å². The minimum Gasteiger partial charge on any atom is -0.363 e. The lowest BCUT2D eigenvalue weighted by atomic mass is 9.96. The van der Waals surface area contributed by atoms with Crippen LogP contribution in [0.4, 0.5) is 19.0 Å². The highest BCUT2D eigenvalue weighted by Crippen LogP contribution is 2.43. The highest BCUT2D eigenvalue weighted by Gasteiger charge is 2.46. The quantitative estimate of drug-likeness (QED) is 0.657. The molecule has 2 atom stereocenters. The van der Waals surface area contributed by atoms with Gasteiger partial charge in [-0.25, -0.2) is 4.68 Å². The molecular formula is C21H23F3N6O. The van der Waals surface area contributed by atoms with E-state index in [9.17, 15) is 18.0 Å². The Labute approximate surface area is 177 Å². The minimum absolute atomic E-state index is 0.0668. The number of rotatable bonds is 4. The molecule has 0 fully saturated rings. The van der Waals surface area contributed by atoms with Crippen LogP contribution in [0.2, 0.25) is 0 Å². The van der Waals surface area contributed by atoms with Crippen molar-refractivity contribution in [2.24, 2.45) is 7.05 Å². The molecule has 0 bridgehead atoms. The molecule has 0 spiro atoms. The number of alkyl halides is 3. The van der Waals surface area contributed by atoms with E-state index in [1.165, 1.54) is 6.07 Å². The van der Waals surface area contributed by atoms with Crippen molar-refractivity contribution in [1.29, 1.82) is 0 Å². The van der Waals surface area contributed by atoms with E-state index in [1.54, 1.807) is 17.9 Å². The van der Waals surface area contributed by atoms with Crippen molar-refractivity contribution in [3.05, 3.63) is 64.6 Å². The minimum atomic E-state index is -4.49. The normalized spacial score (nSPS) is 18.4. The number of nitrogens with zero attached hydrogens (tertiary/aromatic N) is 4. The lowest BCUT2D eigenvalue weighted by Crippen LogP contribution is -2.35. The monoisotopic (exact) mass is 432 g/mol. The summed E-state index contributed by atoms with van der Waals surface area (Å²) in [5.41, 5.74) is 3.43. The molecule has 0 saturated heterocycles. The van der Waals surface area contributed by atoms with Crippen molar-refractivity contribution in [3.63, 3.8) is 0 Å². The third-order valence-electron chi connectivity index (χ3n) is 5.68. The number of hydrogen-bond acceptors (Lipinski definition) is 4. The van der Waals surface area contributed by atoms with E-state index in [2.05, 4.69) is 20.8 Å². The molecule has 2 aromatic heterocycles. The Hall–Kier alpha value is -3.30. The zero-order valence-corrected chi connectivity index (χ0v) is 17.4. The van der Waals surface area contributed by atoms with Gasteiger partial charge in [0.25, 0.3) is 5.91 Å². The molecule has 4 rings (SSSR count). The number of amides is 1. The summed E-state index contributed by atoms with van der Waals surface area (Å²) in [6, 6.07) is 6.37. The average Bonchev–Trinajstić information content (AvgIpc) is 3.29. The largest absolute Gasteiger partial charge is 0.410 e. The molecule has 2 N–H and O–H groups in total. The Morgan fingerprint density at radius 2 is 1.97 bits per heavy atom. The summed E-state index contributed by atoms with van der Waals surface area (Å²) in [5, 5.41) is 13.9. The Morgan fingerprint density at radius 1 is 1.26 bits per heavy atom. The van der Waals surface area contributed by atoms with Crippen LogP contribution in [-0.2, 0) is 13.6 Å². The molecule has 0 radical (unpaired) electrons. The van der Waals surface area contributed by atoms with E-state index in [0.29, 0.717) is 0 Å². The smallest absolute Gasteiger partial charge is 0.363 e. The van der Waals surface area contributed by atoms with Crippen molar-refractivity contribution in [2.75, 3.05) is 5.32 Å². The fraction of sp³-hybridized carbons (Fsp3) is 0.381. The molecule has 1 aliphatic rings. The number of aryl methyl sites for hydroxylation is 2. The molecule has 164 valence electrons. The van der Waals surface area contributed by atoms with Gasteiger partial charge >= 0.3 is 6.18 Å². The summed E-state index contributed by atoms with van der Waals surface area (Å²) in [4.78, 5) is 12.6. The molecule has 10 heteroatoms. The van der Waals surface area contributed by atoms with Crippen LogP contribution in [0, 0.1) is 13.8 Å². The fourth-order valence-corrected chi connectivity index (χ4v) is 3.69. The number of aromatic nitrogens is 4. The Morgan fingerprint density at radius 3 is 2.58 bits per heavy atom. The van der Waals surface area contributed by atoms with E-state index < -0.39 is 24.2 Å². The van der Waals surface area contributed by atoms with Crippen LogP contribution in [0.3, 0.4) is 0 Å². The van der Waals surface area contributed by atoms with E-state index in [0.717, 1.165) is 27.1 Å². The van der Waals surface area contributed by atoms with Crippen molar-refractivity contribution in [1.82, 2.24) is 24.9 Å². The second-order valence-electron chi connectivity index (χ2n) is 7.82. The summed E-state index contributed by atoms with van der Waals surface area (Å²) in [5.74, 6) is -0.373. The number of benzene rings is 1. The van der Waals surface area contributed by atoms with Crippen LogP contribution in [0.1, 0.15) is 51.4 Å². The number of anilines is 1. The molecule has 0 aliphatic carbocycles. The molecule has 3 aromatic rings. The van der Waals surface area contributed by atoms with Gasteiger partial charge in [-0.1, -0.05) is 29.8 Å². The highest BCUT2D eigenvalue weighted by molar-refractivity contribution is 5.93. The first-order valence-electron chi connectivity index (χ1n) is 9.88. The average molecular weight is 432 g/mol. The second kappa shape index (κ2) is 7.75. The van der Waals surface area contributed by atoms with E-state index >= 15 is 0 Å². The first kappa shape index (κ1) is 21.0. The topological polar surface area (TPSA) is 76.8 Å². The van der Waals surface area contributed by atoms with Gasteiger partial charge < -0.3 is 10.6 Å². The van der Waals surface area contributed by atoms with E-state index in [4.69, 9.17) is 0 Å². The van der Waals surface area contributed by atoms with Gasteiger partial charge in [-0.15, -0.1) is 0 Å². The van der Waals surface area contributed by atoms with Gasteiger partial charge in [-0.3, -0.25) is 9.48 Å². The predicted molar refractivity (Wildman–Crippen MR) is 109 cm³/mol. The molecule has 1 aliphatic heterocycles. The molecule has 31 heavy (non-hydrogen) atoms. The van der Waals surface area contributed by atoms with Crippen molar-refractivity contribution in [2.45, 2.75) is 45.1 Å². The van der Waals surface area contributed by atoms with Crippen LogP contribution in [0.15, 0.2) is 36.5 Å². The van der Waals surface area contributed by atoms with E-state index in [-0.39, 0.29) is 24.5 Å². The van der Waals surface area contributed by atoms with Gasteiger partial charge in [0.05, 0.1) is 12.2 Å². The number of carbonyl (C=O) groups excluding carboxylic acids is 1. The molecular weight excluding hydrogens is 409 g/mol. The molecule has 0 saturated carbocycles. The third kappa shape index (κ3) is 4.14. The number of fused-ring (bicyclic) bond motifs is 1. The number of halogens is 3. The van der Waals surface area contributed by atoms with Gasteiger partial charge in [0, 0.05) is 37.3 Å². The highest BCUT2D eigenvalue weighted by atomic mass is 19.4. The summed E-state index contributed by atoms with van der Waals surface area (Å²) >= 11 is 0. The van der Waals surface area contributed by atoms with Crippen LogP contribution >= 0.6 is 0 Å². The molecule has 2 unspecified atom stereocenters. The first-order valence-corrected chi connectivity index (χ1v) is 9.88. The summed E-state index contributed by atoms with van der Waals surface area (Å²) in [6.45, 7) is 4.00. The maximum absolute atomic E-state index is 13.8. The van der Waals surface area contributed by atoms with Crippen LogP contribution < -0.4 is 10.6 Å². The third-order valence-corrected chi connectivity index (χ3v) is 5.68. The SMILES string of the molecule is Cc1ccc(C2CC(C(F)(F)F)n3nc(C(=O)NCc4cnn(C)c4C)cc3N2)cc1. The fourth-order valence-electron chi connectivity index (χ4n) is 3.69. The zero-order chi connectivity index (χ0) is 22.3. The number of carbonyl (C=O) groups is 1. The molecule has 1 aromatic carbocycles. The van der Waals surface area contributed by atoms with Crippen LogP contribution in [0.5, 0.6) is 0 Å². The summed E-state index contributed by atoms with van der Waals surface area (Å²) in [7, 11) is 1.79. The number of nitrogens with one attached hydrogen (secondary N) is 2. The van der Waals surface area contributed by atoms with Crippen LogP contribution in [0.25, 0.3) is 0 Å². The van der Waals surface area contributed by atoms with Gasteiger partial charge in [0.15, 0.2) is 11.7 Å². The Bertz CT molecular complexity index is 1100. The predicted octanol–water partition coefficient (Wildman–Crippen LogP) is 3.82. The number of hydrogen-bond donors (Lipinski definition) is 2. The molecule has 7 nitrogen and oxygen atoms in total. The Kier molecular flexibility index (Phi) is 5.24. The lowest BCUT2D eigenvalue weighted by molar-refractivity contribution is -0.173. The van der Waals surface area contributed by atoms with Crippen molar-refractivity contribution >= 4 is 11.7 Å². The van der Waals surface area contributed by atoms with Crippen molar-refractivity contribution in [3.8, 4) is 0 Å². The second-order valence-corrected chi connectivity index (χ2v) is 7.82. The van der Waals surface area contributed by atoms with Gasteiger partial charge in [0.2, 0.25) is 0 Å². The molecule has 1 amide bonds. The van der Waals surface area contributed by atoms with Crippen LogP contribution in [-0.4, -0.2) is 31.6 Å². The van der Waals surface area contributed by atoms with Crippen molar-refractivity contribution < 1.29 is 18.0 Å². The van der Waals surface area contributed by atoms with Gasteiger partial charge in [0.1, 0.15) is 5.82 Å². The summed E-state index contributed by atoms with van der Waals surface area (Å²) < 4.78 is 44.0. The Balaban J connectivity index is 1.58. The standard InChI is InChI=1S/C21H23F3N6O/c1-12-4-6-14(7-5-12)16-8-18(21(22,23)24)30-19(27-16)9-17(28-30)20(31)25-10-15-11-26-29(3)13(15)2/h4-7,9,11,16,18,27H,8,10H2,1-3H3,(H,25,31). The molecule has 3 heterocycles. The zero-order valence-electron chi connectivity index (χ0n) is 17.4. The maximum atomic E-state index is 13.8. The van der Waals surface area contributed by atoms with Gasteiger partial charge in [-0.05, 0) is 19.4 Å². The summed E-state index contributed by atoms with van der Waals surface area (Å²) in [6.07, 6.45) is -3.06.